The molecule has 7 nitrogen and oxygen atoms in total. The number of benzene rings is 1. The highest BCUT2D eigenvalue weighted by atomic mass is 16.7. The van der Waals surface area contributed by atoms with Gasteiger partial charge in [0.1, 0.15) is 0 Å². The Bertz CT molecular complexity index is 905. The van der Waals surface area contributed by atoms with Crippen LogP contribution in [0.15, 0.2) is 36.0 Å². The van der Waals surface area contributed by atoms with Crippen LogP contribution in [-0.4, -0.2) is 23.6 Å². The number of anilines is 2. The quantitative estimate of drug-likeness (QED) is 0.432. The van der Waals surface area contributed by atoms with Gasteiger partial charge in [0.2, 0.25) is 5.91 Å². The van der Waals surface area contributed by atoms with E-state index in [9.17, 15) is 14.4 Å². The molecule has 0 spiro atoms. The van der Waals surface area contributed by atoms with E-state index in [1.54, 1.807) is 12.1 Å². The topological polar surface area (TPSA) is 93.7 Å². The fourth-order valence-electron chi connectivity index (χ4n) is 6.24. The Hall–Kier alpha value is -2.83. The van der Waals surface area contributed by atoms with E-state index >= 15 is 0 Å². The molecule has 5 fully saturated rings. The summed E-state index contributed by atoms with van der Waals surface area (Å²) in [6.07, 6.45) is 8.29. The summed E-state index contributed by atoms with van der Waals surface area (Å²) in [5.74, 6) is -0.394. The SMILES string of the molecule is CC1(C)OC(=O)C(=CNc2ccc(NC(=O)C34CC5CC(CC(C5)C3)C4)cc2)C(=O)O1. The number of nitrogens with one attached hydrogen (secondary N) is 2. The summed E-state index contributed by atoms with van der Waals surface area (Å²) in [7, 11) is 0. The molecule has 1 amide bonds. The molecule has 31 heavy (non-hydrogen) atoms. The van der Waals surface area contributed by atoms with Crippen LogP contribution >= 0.6 is 0 Å². The van der Waals surface area contributed by atoms with E-state index < -0.39 is 17.7 Å². The number of esters is 2. The molecule has 1 aromatic carbocycles. The molecule has 5 aliphatic rings. The second-order valence-corrected chi connectivity index (χ2v) is 10.1. The first-order chi connectivity index (χ1) is 14.7. The Morgan fingerprint density at radius 1 is 0.903 bits per heavy atom. The molecule has 1 saturated heterocycles. The number of amides is 1. The Morgan fingerprint density at radius 3 is 1.90 bits per heavy atom. The zero-order valence-electron chi connectivity index (χ0n) is 17.9. The van der Waals surface area contributed by atoms with Gasteiger partial charge in [-0.1, -0.05) is 0 Å². The third-order valence-corrected chi connectivity index (χ3v) is 7.16. The monoisotopic (exact) mass is 424 g/mol. The first-order valence-electron chi connectivity index (χ1n) is 11.1. The van der Waals surface area contributed by atoms with Crippen molar-refractivity contribution in [1.82, 2.24) is 0 Å². The molecule has 4 saturated carbocycles. The van der Waals surface area contributed by atoms with Crippen molar-refractivity contribution in [2.24, 2.45) is 23.2 Å². The summed E-state index contributed by atoms with van der Waals surface area (Å²) >= 11 is 0. The minimum Gasteiger partial charge on any atom is -0.419 e. The highest BCUT2D eigenvalue weighted by Gasteiger charge is 2.54. The van der Waals surface area contributed by atoms with Crippen LogP contribution < -0.4 is 10.6 Å². The molecule has 0 atom stereocenters. The molecular weight excluding hydrogens is 396 g/mol. The summed E-state index contributed by atoms with van der Waals surface area (Å²) < 4.78 is 10.1. The average molecular weight is 424 g/mol. The van der Waals surface area contributed by atoms with E-state index in [4.69, 9.17) is 9.47 Å². The lowest BCUT2D eigenvalue weighted by molar-refractivity contribution is -0.222. The molecule has 4 bridgehead atoms. The van der Waals surface area contributed by atoms with E-state index in [2.05, 4.69) is 10.6 Å². The third-order valence-electron chi connectivity index (χ3n) is 7.16. The Morgan fingerprint density at radius 2 is 1.39 bits per heavy atom. The summed E-state index contributed by atoms with van der Waals surface area (Å²) in [4.78, 5) is 37.2. The van der Waals surface area contributed by atoms with Crippen LogP contribution in [0.2, 0.25) is 0 Å². The number of hydrogen-bond acceptors (Lipinski definition) is 6. The maximum absolute atomic E-state index is 13.2. The van der Waals surface area contributed by atoms with Gasteiger partial charge in [0.25, 0.3) is 5.79 Å². The number of carbonyl (C=O) groups is 3. The van der Waals surface area contributed by atoms with Gasteiger partial charge in [0, 0.05) is 31.4 Å². The van der Waals surface area contributed by atoms with Gasteiger partial charge in [0.05, 0.1) is 5.41 Å². The van der Waals surface area contributed by atoms with Crippen LogP contribution in [-0.2, 0) is 23.9 Å². The van der Waals surface area contributed by atoms with Crippen LogP contribution in [0.1, 0.15) is 52.4 Å². The minimum absolute atomic E-state index is 0.157. The van der Waals surface area contributed by atoms with E-state index in [0.717, 1.165) is 42.7 Å². The zero-order valence-corrected chi connectivity index (χ0v) is 17.9. The molecule has 4 aliphatic carbocycles. The largest absolute Gasteiger partial charge is 0.419 e. The van der Waals surface area contributed by atoms with Crippen molar-refractivity contribution in [3.63, 3.8) is 0 Å². The van der Waals surface area contributed by atoms with Crippen molar-refractivity contribution in [1.29, 1.82) is 0 Å². The fraction of sp³-hybridized carbons (Fsp3) is 0.542. The van der Waals surface area contributed by atoms with Gasteiger partial charge in [-0.25, -0.2) is 9.59 Å². The molecule has 7 heteroatoms. The maximum Gasteiger partial charge on any atom is 0.350 e. The second kappa shape index (κ2) is 7.11. The number of carbonyl (C=O) groups excluding carboxylic acids is 3. The Labute approximate surface area is 181 Å². The van der Waals surface area contributed by atoms with Gasteiger partial charge in [0.15, 0.2) is 5.57 Å². The Balaban J connectivity index is 1.22. The standard InChI is InChI=1S/C24H28N2O5/c1-23(2)30-20(27)19(21(28)31-23)13-25-17-3-5-18(6-4-17)26-22(29)24-10-14-7-15(11-24)9-16(8-14)12-24/h3-6,13-16,25H,7-12H2,1-2H3,(H,26,29). The van der Waals surface area contributed by atoms with Crippen LogP contribution in [0.5, 0.6) is 0 Å². The summed E-state index contributed by atoms with van der Waals surface area (Å²) in [5.41, 5.74) is 1.03. The van der Waals surface area contributed by atoms with E-state index in [1.807, 2.05) is 12.1 Å². The van der Waals surface area contributed by atoms with Gasteiger partial charge in [-0.3, -0.25) is 4.79 Å². The van der Waals surface area contributed by atoms with Gasteiger partial charge >= 0.3 is 11.9 Å². The van der Waals surface area contributed by atoms with Gasteiger partial charge in [-0.2, -0.15) is 0 Å². The first kappa shape index (κ1) is 20.1. The lowest BCUT2D eigenvalue weighted by Crippen LogP contribution is -2.51. The third kappa shape index (κ3) is 3.82. The van der Waals surface area contributed by atoms with Gasteiger partial charge < -0.3 is 20.1 Å². The smallest absolute Gasteiger partial charge is 0.350 e. The predicted molar refractivity (Wildman–Crippen MR) is 114 cm³/mol. The molecule has 2 N–H and O–H groups in total. The fourth-order valence-corrected chi connectivity index (χ4v) is 6.24. The van der Waals surface area contributed by atoms with Crippen molar-refractivity contribution < 1.29 is 23.9 Å². The van der Waals surface area contributed by atoms with E-state index in [1.165, 1.54) is 39.3 Å². The summed E-state index contributed by atoms with van der Waals surface area (Å²) in [5, 5.41) is 6.04. The maximum atomic E-state index is 13.2. The van der Waals surface area contributed by atoms with Crippen molar-refractivity contribution in [3.05, 3.63) is 36.0 Å². The van der Waals surface area contributed by atoms with Crippen molar-refractivity contribution in [2.75, 3.05) is 10.6 Å². The van der Waals surface area contributed by atoms with Crippen molar-refractivity contribution >= 4 is 29.2 Å². The number of ether oxygens (including phenoxy) is 2. The van der Waals surface area contributed by atoms with E-state index in [0.29, 0.717) is 5.69 Å². The molecule has 0 aromatic heterocycles. The average Bonchev–Trinajstić information content (AvgIpc) is 2.66. The molecular formula is C24H28N2O5. The lowest BCUT2D eigenvalue weighted by Gasteiger charge is -2.55. The molecule has 1 heterocycles. The molecule has 0 radical (unpaired) electrons. The van der Waals surface area contributed by atoms with Crippen molar-refractivity contribution in [2.45, 2.75) is 58.2 Å². The lowest BCUT2D eigenvalue weighted by atomic mass is 9.49. The van der Waals surface area contributed by atoms with Gasteiger partial charge in [-0.05, 0) is 80.5 Å². The molecule has 1 aromatic rings. The first-order valence-corrected chi connectivity index (χ1v) is 11.1. The van der Waals surface area contributed by atoms with Crippen LogP contribution in [0.3, 0.4) is 0 Å². The van der Waals surface area contributed by atoms with Gasteiger partial charge in [-0.15, -0.1) is 0 Å². The summed E-state index contributed by atoms with van der Waals surface area (Å²) in [6.45, 7) is 3.01. The molecule has 164 valence electrons. The predicted octanol–water partition coefficient (Wildman–Crippen LogP) is 3.97. The number of hydrogen-bond donors (Lipinski definition) is 2. The van der Waals surface area contributed by atoms with Crippen LogP contribution in [0, 0.1) is 23.2 Å². The zero-order chi connectivity index (χ0) is 21.8. The van der Waals surface area contributed by atoms with Crippen LogP contribution in [0.25, 0.3) is 0 Å². The highest BCUT2D eigenvalue weighted by molar-refractivity contribution is 6.15. The Kier molecular flexibility index (Phi) is 4.61. The molecule has 1 aliphatic heterocycles. The number of rotatable bonds is 4. The number of cyclic esters (lactones) is 2. The second-order valence-electron chi connectivity index (χ2n) is 10.1. The van der Waals surface area contributed by atoms with Crippen LogP contribution in [0.4, 0.5) is 11.4 Å². The van der Waals surface area contributed by atoms with Crippen molar-refractivity contribution in [3.8, 4) is 0 Å². The normalized spacial score (nSPS) is 32.8. The van der Waals surface area contributed by atoms with E-state index in [-0.39, 0.29) is 16.9 Å². The molecule has 0 unspecified atom stereocenters. The highest BCUT2D eigenvalue weighted by Crippen LogP contribution is 2.60. The molecule has 6 rings (SSSR count). The minimum atomic E-state index is -1.26. The summed E-state index contributed by atoms with van der Waals surface area (Å²) in [6, 6.07) is 7.21.